The summed E-state index contributed by atoms with van der Waals surface area (Å²) in [7, 11) is 1.61. The maximum atomic E-state index is 13.1. The summed E-state index contributed by atoms with van der Waals surface area (Å²) in [6.45, 7) is 15.9. The topological polar surface area (TPSA) is 105 Å². The number of fused-ring (bicyclic) bond motifs is 6. The lowest BCUT2D eigenvalue weighted by Gasteiger charge is -2.26. The van der Waals surface area contributed by atoms with Crippen molar-refractivity contribution in [2.24, 2.45) is 0 Å². The van der Waals surface area contributed by atoms with Crippen molar-refractivity contribution in [1.29, 1.82) is 0 Å². The van der Waals surface area contributed by atoms with E-state index in [0.717, 1.165) is 80.5 Å². The highest BCUT2D eigenvalue weighted by Gasteiger charge is 2.35. The molecule has 4 aliphatic rings. The Balaban J connectivity index is 0.000000172. The maximum Gasteiger partial charge on any atom is 0.194 e. The third-order valence-electron chi connectivity index (χ3n) is 10.5. The second kappa shape index (κ2) is 18.2. The number of hydrogen-bond acceptors (Lipinski definition) is 11. The van der Waals surface area contributed by atoms with Gasteiger partial charge < -0.3 is 33.2 Å². The van der Waals surface area contributed by atoms with E-state index in [1.165, 1.54) is 12.8 Å². The molecule has 4 aromatic carbocycles. The van der Waals surface area contributed by atoms with Crippen LogP contribution in [0.5, 0.6) is 34.5 Å². The number of carbonyl (C=O) groups excluding carboxylic acids is 2. The zero-order valence-corrected chi connectivity index (χ0v) is 32.9. The Morgan fingerprint density at radius 3 is 1.50 bits per heavy atom. The summed E-state index contributed by atoms with van der Waals surface area (Å²) in [5, 5.41) is 0. The van der Waals surface area contributed by atoms with Gasteiger partial charge in [0.2, 0.25) is 0 Å². The van der Waals surface area contributed by atoms with Crippen LogP contribution in [-0.4, -0.2) is 114 Å². The first-order valence-electron chi connectivity index (χ1n) is 19.9. The number of morpholine rings is 1. The molecule has 0 spiro atoms. The Morgan fingerprint density at radius 1 is 0.536 bits per heavy atom. The van der Waals surface area contributed by atoms with Crippen LogP contribution < -0.4 is 28.4 Å². The summed E-state index contributed by atoms with van der Waals surface area (Å²) in [5.74, 6) is 4.01. The monoisotopic (exact) mass is 764 g/mol. The van der Waals surface area contributed by atoms with E-state index in [0.29, 0.717) is 84.0 Å². The predicted molar refractivity (Wildman–Crippen MR) is 215 cm³/mol. The number of likely N-dealkylation sites (tertiary alicyclic amines) is 1. The lowest BCUT2D eigenvalue weighted by molar-refractivity contribution is 0.0323. The molecule has 2 aliphatic carbocycles. The first kappa shape index (κ1) is 39.1. The third kappa shape index (κ3) is 8.21. The van der Waals surface area contributed by atoms with Crippen LogP contribution in [0.4, 0.5) is 0 Å². The molecule has 2 aliphatic heterocycles. The highest BCUT2D eigenvalue weighted by Crippen LogP contribution is 2.50. The van der Waals surface area contributed by atoms with Crippen molar-refractivity contribution in [3.05, 3.63) is 82.9 Å². The fraction of sp³-hybridized carbons (Fsp3) is 0.422. The van der Waals surface area contributed by atoms with Gasteiger partial charge in [-0.25, -0.2) is 0 Å². The minimum Gasteiger partial charge on any atom is -0.496 e. The SMILES string of the molecule is CCOc1cc(OC)c2c(c1)C(=O)c1cccc(OCCN3CCOCC3)c1-2.CCOc1cc(OCC)c2c(c1)C(=O)c1cccc(OCCN3CCCC3)c1-2. The molecule has 11 heteroatoms. The average molecular weight is 765 g/mol. The van der Waals surface area contributed by atoms with Crippen molar-refractivity contribution in [3.63, 3.8) is 0 Å². The zero-order chi connectivity index (χ0) is 39.0. The van der Waals surface area contributed by atoms with E-state index >= 15 is 0 Å². The summed E-state index contributed by atoms with van der Waals surface area (Å²) in [6, 6.07) is 18.6. The van der Waals surface area contributed by atoms with E-state index < -0.39 is 0 Å². The van der Waals surface area contributed by atoms with Gasteiger partial charge in [0, 0.05) is 82.8 Å². The van der Waals surface area contributed by atoms with Crippen molar-refractivity contribution in [3.8, 4) is 56.8 Å². The summed E-state index contributed by atoms with van der Waals surface area (Å²) in [6.07, 6.45) is 2.53. The van der Waals surface area contributed by atoms with Crippen LogP contribution in [0.15, 0.2) is 60.7 Å². The molecule has 0 atom stereocenters. The number of hydrogen-bond donors (Lipinski definition) is 0. The Labute approximate surface area is 329 Å². The van der Waals surface area contributed by atoms with E-state index in [-0.39, 0.29) is 11.6 Å². The van der Waals surface area contributed by atoms with Gasteiger partial charge in [-0.2, -0.15) is 0 Å². The maximum absolute atomic E-state index is 13.1. The average Bonchev–Trinajstić information content (AvgIpc) is 3.92. The minimum absolute atomic E-state index is 0.00232. The molecule has 0 aromatic heterocycles. The van der Waals surface area contributed by atoms with Crippen LogP contribution in [0, 0.1) is 0 Å². The van der Waals surface area contributed by atoms with Gasteiger partial charge >= 0.3 is 0 Å². The van der Waals surface area contributed by atoms with Crippen molar-refractivity contribution >= 4 is 11.6 Å². The van der Waals surface area contributed by atoms with Crippen molar-refractivity contribution in [2.75, 3.05) is 92.6 Å². The molecule has 11 nitrogen and oxygen atoms in total. The molecule has 0 unspecified atom stereocenters. The fourth-order valence-electron chi connectivity index (χ4n) is 7.87. The Hall–Kier alpha value is -5.10. The van der Waals surface area contributed by atoms with Crippen LogP contribution in [0.2, 0.25) is 0 Å². The number of nitrogens with zero attached hydrogens (tertiary/aromatic N) is 2. The van der Waals surface area contributed by atoms with Crippen molar-refractivity contribution in [2.45, 2.75) is 33.6 Å². The van der Waals surface area contributed by atoms with E-state index in [1.54, 1.807) is 13.2 Å². The first-order valence-corrected chi connectivity index (χ1v) is 19.9. The molecule has 0 amide bonds. The van der Waals surface area contributed by atoms with Crippen molar-refractivity contribution < 1.29 is 42.7 Å². The second-order valence-electron chi connectivity index (χ2n) is 13.9. The summed E-state index contributed by atoms with van der Waals surface area (Å²) < 4.78 is 40.4. The molecule has 2 fully saturated rings. The summed E-state index contributed by atoms with van der Waals surface area (Å²) >= 11 is 0. The number of methoxy groups -OCH3 is 1. The van der Waals surface area contributed by atoms with Gasteiger partial charge in [-0.3, -0.25) is 19.4 Å². The molecule has 0 saturated carbocycles. The third-order valence-corrected chi connectivity index (χ3v) is 10.5. The fourth-order valence-corrected chi connectivity index (χ4v) is 7.87. The van der Waals surface area contributed by atoms with E-state index in [9.17, 15) is 9.59 Å². The number of ketones is 2. The quantitative estimate of drug-likeness (QED) is 0.106. The second-order valence-corrected chi connectivity index (χ2v) is 13.9. The van der Waals surface area contributed by atoms with Crippen LogP contribution in [0.3, 0.4) is 0 Å². The highest BCUT2D eigenvalue weighted by molar-refractivity contribution is 6.24. The molecule has 0 radical (unpaired) electrons. The number of carbonyl (C=O) groups is 2. The molecule has 2 saturated heterocycles. The lowest BCUT2D eigenvalue weighted by atomic mass is 10.0. The Kier molecular flexibility index (Phi) is 12.7. The zero-order valence-electron chi connectivity index (χ0n) is 32.9. The largest absolute Gasteiger partial charge is 0.496 e. The number of benzene rings is 4. The molecule has 2 heterocycles. The highest BCUT2D eigenvalue weighted by atomic mass is 16.5. The van der Waals surface area contributed by atoms with Crippen molar-refractivity contribution in [1.82, 2.24) is 9.80 Å². The summed E-state index contributed by atoms with van der Waals surface area (Å²) in [5.41, 5.74) is 5.80. The lowest BCUT2D eigenvalue weighted by Crippen LogP contribution is -2.38. The Bertz CT molecular complexity index is 2030. The van der Waals surface area contributed by atoms with Gasteiger partial charge in [-0.1, -0.05) is 24.3 Å². The van der Waals surface area contributed by atoms with E-state index in [2.05, 4.69) is 9.80 Å². The van der Waals surface area contributed by atoms with Gasteiger partial charge in [-0.15, -0.1) is 0 Å². The standard InChI is InChI=1S/C23H27NO4.C22H25NO5/c1-3-26-16-14-18-22(20(15-16)27-4-2)21-17(23(18)25)8-7-9-19(21)28-13-12-24-10-5-6-11-24;1-3-27-15-13-17-21(19(14-15)25-2)20-16(22(17)24)5-4-6-18(20)28-12-9-23-7-10-26-11-8-23/h7-9,14-15H,3-6,10-13H2,1-2H3;4-6,13-14H,3,7-12H2,1-2H3. The van der Waals surface area contributed by atoms with E-state index in [4.69, 9.17) is 33.2 Å². The molecule has 56 heavy (non-hydrogen) atoms. The molecule has 8 rings (SSSR count). The molecular weight excluding hydrogens is 712 g/mol. The normalized spacial score (nSPS) is 15.6. The van der Waals surface area contributed by atoms with Crippen LogP contribution >= 0.6 is 0 Å². The summed E-state index contributed by atoms with van der Waals surface area (Å²) in [4.78, 5) is 30.8. The van der Waals surface area contributed by atoms with Crippen LogP contribution in [0.25, 0.3) is 22.3 Å². The van der Waals surface area contributed by atoms with Gasteiger partial charge in [0.1, 0.15) is 47.7 Å². The van der Waals surface area contributed by atoms with Crippen LogP contribution in [0.1, 0.15) is 65.5 Å². The molecule has 0 N–H and O–H groups in total. The first-order chi connectivity index (χ1) is 27.4. The number of ether oxygens (including phenoxy) is 7. The van der Waals surface area contributed by atoms with E-state index in [1.807, 2.05) is 75.4 Å². The Morgan fingerprint density at radius 2 is 1.00 bits per heavy atom. The number of rotatable bonds is 15. The van der Waals surface area contributed by atoms with Gasteiger partial charge in [0.15, 0.2) is 11.6 Å². The van der Waals surface area contributed by atoms with Crippen LogP contribution in [-0.2, 0) is 4.74 Å². The molecular formula is C45H52N2O9. The smallest absolute Gasteiger partial charge is 0.194 e. The molecule has 296 valence electrons. The van der Waals surface area contributed by atoms with Gasteiger partial charge in [-0.05, 0) is 71.0 Å². The molecule has 0 bridgehead atoms. The van der Waals surface area contributed by atoms with Gasteiger partial charge in [0.05, 0.1) is 40.1 Å². The predicted octanol–water partition coefficient (Wildman–Crippen LogP) is 7.19. The molecule has 4 aromatic rings. The van der Waals surface area contributed by atoms with Gasteiger partial charge in [0.25, 0.3) is 0 Å². The minimum atomic E-state index is -0.0246.